The molecule has 2 N–H and O–H groups in total. The number of nitrogens with zero attached hydrogens (tertiary/aromatic N) is 1. The van der Waals surface area contributed by atoms with Gasteiger partial charge in [-0.1, -0.05) is 6.07 Å². The third-order valence-electron chi connectivity index (χ3n) is 3.67. The molecule has 3 rings (SSSR count). The fourth-order valence-electron chi connectivity index (χ4n) is 2.39. The van der Waals surface area contributed by atoms with Gasteiger partial charge in [0.15, 0.2) is 0 Å². The van der Waals surface area contributed by atoms with Gasteiger partial charge in [-0.2, -0.15) is 5.26 Å². The maximum atomic E-state index is 8.87. The van der Waals surface area contributed by atoms with Crippen molar-refractivity contribution < 1.29 is 9.47 Å². The molecule has 1 unspecified atom stereocenters. The van der Waals surface area contributed by atoms with E-state index in [2.05, 4.69) is 6.07 Å². The van der Waals surface area contributed by atoms with Gasteiger partial charge in [0.2, 0.25) is 0 Å². The molecule has 0 aliphatic carbocycles. The molecule has 2 aromatic rings. The summed E-state index contributed by atoms with van der Waals surface area (Å²) in [6, 6.07) is 13.4. The van der Waals surface area contributed by atoms with Crippen molar-refractivity contribution in [3.05, 3.63) is 58.7 Å². The quantitative estimate of drug-likeness (QED) is 0.938. The molecule has 106 valence electrons. The predicted molar refractivity (Wildman–Crippen MR) is 79.1 cm³/mol. The average Bonchev–Trinajstić information content (AvgIpc) is 2.87. The summed E-state index contributed by atoms with van der Waals surface area (Å²) in [7, 11) is 0. The molecule has 0 saturated heterocycles. The lowest BCUT2D eigenvalue weighted by molar-refractivity contribution is 0.300. The van der Waals surface area contributed by atoms with Crippen molar-refractivity contribution in [2.75, 3.05) is 6.61 Å². The topological polar surface area (TPSA) is 68.3 Å². The van der Waals surface area contributed by atoms with Crippen molar-refractivity contribution in [2.45, 2.75) is 19.6 Å². The van der Waals surface area contributed by atoms with E-state index in [-0.39, 0.29) is 6.04 Å². The molecule has 0 bridgehead atoms. The molecule has 4 heteroatoms. The first kappa shape index (κ1) is 13.5. The summed E-state index contributed by atoms with van der Waals surface area (Å²) in [5.41, 5.74) is 9.72. The van der Waals surface area contributed by atoms with Crippen LogP contribution in [0, 0.1) is 18.3 Å². The summed E-state index contributed by atoms with van der Waals surface area (Å²) in [5, 5.41) is 8.87. The lowest BCUT2D eigenvalue weighted by Crippen LogP contribution is -2.10. The van der Waals surface area contributed by atoms with Crippen LogP contribution in [0.15, 0.2) is 36.4 Å². The summed E-state index contributed by atoms with van der Waals surface area (Å²) in [6.45, 7) is 2.96. The largest absolute Gasteiger partial charge is 0.491 e. The number of aryl methyl sites for hydroxylation is 1. The third-order valence-corrected chi connectivity index (χ3v) is 3.67. The minimum atomic E-state index is -0.0465. The Hall–Kier alpha value is -2.51. The molecular weight excluding hydrogens is 264 g/mol. The summed E-state index contributed by atoms with van der Waals surface area (Å²) < 4.78 is 11.3. The van der Waals surface area contributed by atoms with Crippen molar-refractivity contribution in [1.82, 2.24) is 0 Å². The van der Waals surface area contributed by atoms with E-state index < -0.39 is 0 Å². The van der Waals surface area contributed by atoms with Gasteiger partial charge in [-0.05, 0) is 42.3 Å². The maximum Gasteiger partial charge on any atom is 0.127 e. The van der Waals surface area contributed by atoms with Gasteiger partial charge in [0.05, 0.1) is 17.7 Å². The number of fused-ring (bicyclic) bond motifs is 1. The first-order chi connectivity index (χ1) is 10.2. The molecule has 4 nitrogen and oxygen atoms in total. The lowest BCUT2D eigenvalue weighted by atomic mass is 10.1. The second-order valence-corrected chi connectivity index (χ2v) is 5.16. The Morgan fingerprint density at radius 2 is 2.19 bits per heavy atom. The molecule has 1 heterocycles. The SMILES string of the molecule is Cc1cc(C#N)ccc1COc1ccc2c(c1)OCC2N. The molecule has 2 aromatic carbocycles. The zero-order chi connectivity index (χ0) is 14.8. The highest BCUT2D eigenvalue weighted by molar-refractivity contribution is 5.45. The highest BCUT2D eigenvalue weighted by Gasteiger charge is 2.20. The highest BCUT2D eigenvalue weighted by atomic mass is 16.5. The smallest absolute Gasteiger partial charge is 0.127 e. The molecule has 0 spiro atoms. The molecule has 21 heavy (non-hydrogen) atoms. The molecule has 0 saturated carbocycles. The third kappa shape index (κ3) is 2.69. The minimum absolute atomic E-state index is 0.0465. The van der Waals surface area contributed by atoms with Crippen molar-refractivity contribution in [1.29, 1.82) is 5.26 Å². The Kier molecular flexibility index (Phi) is 3.51. The normalized spacial score (nSPS) is 16.0. The van der Waals surface area contributed by atoms with Crippen LogP contribution >= 0.6 is 0 Å². The van der Waals surface area contributed by atoms with Gasteiger partial charge in [0, 0.05) is 11.6 Å². The van der Waals surface area contributed by atoms with Crippen molar-refractivity contribution >= 4 is 0 Å². The Morgan fingerprint density at radius 3 is 2.95 bits per heavy atom. The number of hydrogen-bond acceptors (Lipinski definition) is 4. The molecule has 0 fully saturated rings. The van der Waals surface area contributed by atoms with Crippen LogP contribution in [0.5, 0.6) is 11.5 Å². The van der Waals surface area contributed by atoms with Gasteiger partial charge in [0.25, 0.3) is 0 Å². The van der Waals surface area contributed by atoms with E-state index in [1.807, 2.05) is 37.3 Å². The van der Waals surface area contributed by atoms with Gasteiger partial charge in [-0.3, -0.25) is 0 Å². The number of hydrogen-bond donors (Lipinski definition) is 1. The van der Waals surface area contributed by atoms with E-state index in [1.54, 1.807) is 6.07 Å². The van der Waals surface area contributed by atoms with E-state index >= 15 is 0 Å². The molecule has 0 radical (unpaired) electrons. The van der Waals surface area contributed by atoms with Crippen LogP contribution in [-0.2, 0) is 6.61 Å². The average molecular weight is 280 g/mol. The van der Waals surface area contributed by atoms with Crippen molar-refractivity contribution in [3.63, 3.8) is 0 Å². The summed E-state index contributed by atoms with van der Waals surface area (Å²) >= 11 is 0. The molecule has 1 aliphatic rings. The standard InChI is InChI=1S/C17H16N2O2/c1-11-6-12(8-18)2-3-13(11)9-20-14-4-5-15-16(19)10-21-17(15)7-14/h2-7,16H,9-10,19H2,1H3. The Labute approximate surface area is 123 Å². The predicted octanol–water partition coefficient (Wildman–Crippen LogP) is 2.84. The van der Waals surface area contributed by atoms with Crippen molar-refractivity contribution in [2.24, 2.45) is 5.73 Å². The van der Waals surface area contributed by atoms with Crippen LogP contribution < -0.4 is 15.2 Å². The van der Waals surface area contributed by atoms with E-state index in [4.69, 9.17) is 20.5 Å². The summed E-state index contributed by atoms with van der Waals surface area (Å²) in [5.74, 6) is 1.56. The van der Waals surface area contributed by atoms with Gasteiger partial charge < -0.3 is 15.2 Å². The Balaban J connectivity index is 1.72. The fraction of sp³-hybridized carbons (Fsp3) is 0.235. The number of rotatable bonds is 3. The molecule has 1 aliphatic heterocycles. The van der Waals surface area contributed by atoms with Crippen LogP contribution in [0.1, 0.15) is 28.3 Å². The second-order valence-electron chi connectivity index (χ2n) is 5.16. The maximum absolute atomic E-state index is 8.87. The second kappa shape index (κ2) is 5.47. The van der Waals surface area contributed by atoms with Gasteiger partial charge in [-0.15, -0.1) is 0 Å². The zero-order valence-corrected chi connectivity index (χ0v) is 11.8. The van der Waals surface area contributed by atoms with E-state index in [0.29, 0.717) is 18.8 Å². The van der Waals surface area contributed by atoms with Gasteiger partial charge in [-0.25, -0.2) is 0 Å². The molecule has 0 aromatic heterocycles. The molecular formula is C17H16N2O2. The first-order valence-corrected chi connectivity index (χ1v) is 6.82. The van der Waals surface area contributed by atoms with E-state index in [0.717, 1.165) is 28.2 Å². The zero-order valence-electron chi connectivity index (χ0n) is 11.8. The van der Waals surface area contributed by atoms with Crippen LogP contribution in [0.2, 0.25) is 0 Å². The molecule has 1 atom stereocenters. The number of benzene rings is 2. The van der Waals surface area contributed by atoms with Crippen LogP contribution in [0.25, 0.3) is 0 Å². The van der Waals surface area contributed by atoms with Crippen molar-refractivity contribution in [3.8, 4) is 17.6 Å². The minimum Gasteiger partial charge on any atom is -0.491 e. The lowest BCUT2D eigenvalue weighted by Gasteiger charge is -2.10. The number of nitriles is 1. The van der Waals surface area contributed by atoms with Gasteiger partial charge >= 0.3 is 0 Å². The van der Waals surface area contributed by atoms with Crippen LogP contribution in [0.4, 0.5) is 0 Å². The van der Waals surface area contributed by atoms with Crippen LogP contribution in [0.3, 0.4) is 0 Å². The first-order valence-electron chi connectivity index (χ1n) is 6.82. The highest BCUT2D eigenvalue weighted by Crippen LogP contribution is 2.34. The van der Waals surface area contributed by atoms with Gasteiger partial charge in [0.1, 0.15) is 24.7 Å². The Bertz CT molecular complexity index is 719. The summed E-state index contributed by atoms with van der Waals surface area (Å²) in [4.78, 5) is 0. The van der Waals surface area contributed by atoms with E-state index in [9.17, 15) is 0 Å². The van der Waals surface area contributed by atoms with E-state index in [1.165, 1.54) is 0 Å². The summed E-state index contributed by atoms with van der Waals surface area (Å²) in [6.07, 6.45) is 0. The number of nitrogens with two attached hydrogens (primary N) is 1. The Morgan fingerprint density at radius 1 is 1.33 bits per heavy atom. The monoisotopic (exact) mass is 280 g/mol. The number of ether oxygens (including phenoxy) is 2. The molecule has 0 amide bonds. The van der Waals surface area contributed by atoms with Crippen LogP contribution in [-0.4, -0.2) is 6.61 Å². The fourth-order valence-corrected chi connectivity index (χ4v) is 2.39.